The minimum atomic E-state index is 0.352. The minimum Gasteiger partial charge on any atom is -0.486 e. The van der Waals surface area contributed by atoms with Crippen LogP contribution in [-0.4, -0.2) is 12.1 Å². The Morgan fingerprint density at radius 2 is 2.10 bits per heavy atom. The minimum absolute atomic E-state index is 0.352. The highest BCUT2D eigenvalue weighted by Gasteiger charge is 2.11. The fourth-order valence-corrected chi connectivity index (χ4v) is 2.64. The van der Waals surface area contributed by atoms with Crippen LogP contribution in [0.25, 0.3) is 0 Å². The number of nitriles is 1. The lowest BCUT2D eigenvalue weighted by molar-refractivity contribution is 0.181. The first-order valence-corrected chi connectivity index (χ1v) is 7.18. The number of aryl methyl sites for hydroxylation is 1. The van der Waals surface area contributed by atoms with Gasteiger partial charge >= 0.3 is 0 Å². The molecule has 0 N–H and O–H groups in total. The molecule has 0 amide bonds. The van der Waals surface area contributed by atoms with Crippen molar-refractivity contribution in [3.63, 3.8) is 0 Å². The van der Waals surface area contributed by atoms with E-state index in [0.29, 0.717) is 23.8 Å². The molecular formula is C15H16N2O2S. The van der Waals surface area contributed by atoms with Crippen LogP contribution in [0.3, 0.4) is 0 Å². The van der Waals surface area contributed by atoms with Crippen molar-refractivity contribution in [3.8, 4) is 11.8 Å². The first kappa shape index (κ1) is 14.5. The van der Waals surface area contributed by atoms with Crippen molar-refractivity contribution in [1.29, 1.82) is 5.26 Å². The Balaban J connectivity index is 2.09. The summed E-state index contributed by atoms with van der Waals surface area (Å²) in [4.78, 5) is 4.98. The van der Waals surface area contributed by atoms with Gasteiger partial charge in [-0.25, -0.2) is 4.98 Å². The zero-order valence-electron chi connectivity index (χ0n) is 11.5. The first-order chi connectivity index (χ1) is 9.78. The lowest BCUT2D eigenvalue weighted by Gasteiger charge is -2.08. The molecule has 0 fully saturated rings. The highest BCUT2D eigenvalue weighted by atomic mass is 32.1. The fraction of sp³-hybridized carbons (Fsp3) is 0.333. The molecule has 5 heteroatoms. The Bertz CT molecular complexity index is 617. The van der Waals surface area contributed by atoms with Gasteiger partial charge in [-0.3, -0.25) is 0 Å². The monoisotopic (exact) mass is 288 g/mol. The Labute approximate surface area is 122 Å². The Kier molecular flexibility index (Phi) is 5.10. The molecule has 104 valence electrons. The number of nitrogens with zero attached hydrogens (tertiary/aromatic N) is 2. The van der Waals surface area contributed by atoms with Crippen molar-refractivity contribution < 1.29 is 9.47 Å². The highest BCUT2D eigenvalue weighted by molar-refractivity contribution is 7.12. The quantitative estimate of drug-likeness (QED) is 0.818. The van der Waals surface area contributed by atoms with Crippen LogP contribution in [0.4, 0.5) is 0 Å². The normalized spacial score (nSPS) is 10.2. The van der Waals surface area contributed by atoms with Crippen molar-refractivity contribution >= 4 is 11.3 Å². The molecule has 2 rings (SSSR count). The van der Waals surface area contributed by atoms with E-state index >= 15 is 0 Å². The molecule has 20 heavy (non-hydrogen) atoms. The summed E-state index contributed by atoms with van der Waals surface area (Å²) >= 11 is 1.35. The van der Waals surface area contributed by atoms with Gasteiger partial charge in [-0.15, -0.1) is 11.3 Å². The summed E-state index contributed by atoms with van der Waals surface area (Å²) in [5.41, 5.74) is 1.85. The third-order valence-electron chi connectivity index (χ3n) is 2.83. The molecule has 1 heterocycles. The van der Waals surface area contributed by atoms with Crippen molar-refractivity contribution in [1.82, 2.24) is 4.98 Å². The molecule has 0 aliphatic heterocycles. The molecule has 0 bridgehead atoms. The second kappa shape index (κ2) is 7.04. The fourth-order valence-electron chi connectivity index (χ4n) is 1.86. The van der Waals surface area contributed by atoms with Gasteiger partial charge in [-0.1, -0.05) is 25.1 Å². The molecule has 2 aromatic rings. The third-order valence-corrected chi connectivity index (χ3v) is 3.80. The third kappa shape index (κ3) is 3.35. The van der Waals surface area contributed by atoms with E-state index in [2.05, 4.69) is 18.0 Å². The van der Waals surface area contributed by atoms with Crippen LogP contribution in [0.2, 0.25) is 0 Å². The maximum absolute atomic E-state index is 9.05. The van der Waals surface area contributed by atoms with Gasteiger partial charge in [0.15, 0.2) is 0 Å². The van der Waals surface area contributed by atoms with E-state index in [1.54, 1.807) is 7.11 Å². The van der Waals surface area contributed by atoms with Crippen LogP contribution < -0.4 is 4.74 Å². The van der Waals surface area contributed by atoms with Gasteiger partial charge in [-0.05, 0) is 18.1 Å². The standard InChI is InChI=1S/C15H16N2O2S/c1-3-11-6-4-5-7-13(11)19-10-15-17-12(9-18-2)14(8-16)20-15/h4-7H,3,9-10H2,1-2H3. The SMILES string of the molecule is CCc1ccccc1OCc1nc(COC)c(C#N)s1. The number of rotatable bonds is 6. The molecule has 0 saturated heterocycles. The summed E-state index contributed by atoms with van der Waals surface area (Å²) in [5, 5.41) is 9.84. The van der Waals surface area contributed by atoms with E-state index in [9.17, 15) is 0 Å². The molecule has 0 atom stereocenters. The topological polar surface area (TPSA) is 55.1 Å². The van der Waals surface area contributed by atoms with Crippen LogP contribution in [-0.2, 0) is 24.4 Å². The molecule has 4 nitrogen and oxygen atoms in total. The van der Waals surface area contributed by atoms with E-state index in [1.165, 1.54) is 16.9 Å². The first-order valence-electron chi connectivity index (χ1n) is 6.36. The smallest absolute Gasteiger partial charge is 0.140 e. The number of methoxy groups -OCH3 is 1. The van der Waals surface area contributed by atoms with Crippen molar-refractivity contribution in [2.75, 3.05) is 7.11 Å². The summed E-state index contributed by atoms with van der Waals surface area (Å²) in [5.74, 6) is 0.872. The molecule has 1 aromatic heterocycles. The summed E-state index contributed by atoms with van der Waals surface area (Å²) < 4.78 is 10.8. The van der Waals surface area contributed by atoms with Gasteiger partial charge in [0.1, 0.15) is 28.3 Å². The second-order valence-corrected chi connectivity index (χ2v) is 5.26. The van der Waals surface area contributed by atoms with E-state index in [4.69, 9.17) is 14.7 Å². The number of benzene rings is 1. The van der Waals surface area contributed by atoms with Gasteiger partial charge in [0.25, 0.3) is 0 Å². The zero-order valence-corrected chi connectivity index (χ0v) is 12.4. The van der Waals surface area contributed by atoms with Gasteiger partial charge in [0.2, 0.25) is 0 Å². The summed E-state index contributed by atoms with van der Waals surface area (Å²) in [6.07, 6.45) is 0.923. The molecular weight excluding hydrogens is 272 g/mol. The average Bonchev–Trinajstić information content (AvgIpc) is 2.88. The van der Waals surface area contributed by atoms with Gasteiger partial charge in [-0.2, -0.15) is 5.26 Å². The average molecular weight is 288 g/mol. The lowest BCUT2D eigenvalue weighted by Crippen LogP contribution is -1.98. The van der Waals surface area contributed by atoms with E-state index in [0.717, 1.165) is 17.2 Å². The number of thiazole rings is 1. The Morgan fingerprint density at radius 3 is 2.80 bits per heavy atom. The van der Waals surface area contributed by atoms with Crippen LogP contribution in [0.1, 0.15) is 28.1 Å². The molecule has 0 unspecified atom stereocenters. The van der Waals surface area contributed by atoms with Crippen molar-refractivity contribution in [2.45, 2.75) is 26.6 Å². The number of hydrogen-bond donors (Lipinski definition) is 0. The van der Waals surface area contributed by atoms with Gasteiger partial charge in [0.05, 0.1) is 12.3 Å². The lowest BCUT2D eigenvalue weighted by atomic mass is 10.1. The van der Waals surface area contributed by atoms with E-state index in [1.807, 2.05) is 24.3 Å². The maximum Gasteiger partial charge on any atom is 0.140 e. The summed E-state index contributed by atoms with van der Waals surface area (Å²) in [6, 6.07) is 10.1. The molecule has 0 aliphatic carbocycles. The Morgan fingerprint density at radius 1 is 1.30 bits per heavy atom. The summed E-state index contributed by atoms with van der Waals surface area (Å²) in [7, 11) is 1.59. The van der Waals surface area contributed by atoms with Crippen LogP contribution in [0, 0.1) is 11.3 Å². The highest BCUT2D eigenvalue weighted by Crippen LogP contribution is 2.23. The largest absolute Gasteiger partial charge is 0.486 e. The molecule has 0 saturated carbocycles. The molecule has 0 radical (unpaired) electrons. The molecule has 1 aromatic carbocycles. The maximum atomic E-state index is 9.05. The Hall–Kier alpha value is -1.90. The van der Waals surface area contributed by atoms with Crippen LogP contribution >= 0.6 is 11.3 Å². The van der Waals surface area contributed by atoms with Gasteiger partial charge in [0, 0.05) is 7.11 Å². The van der Waals surface area contributed by atoms with Crippen molar-refractivity contribution in [2.24, 2.45) is 0 Å². The van der Waals surface area contributed by atoms with Crippen molar-refractivity contribution in [3.05, 3.63) is 45.4 Å². The zero-order chi connectivity index (χ0) is 14.4. The number of para-hydroxylation sites is 1. The molecule has 0 aliphatic rings. The number of aromatic nitrogens is 1. The van der Waals surface area contributed by atoms with Gasteiger partial charge < -0.3 is 9.47 Å². The molecule has 0 spiro atoms. The predicted molar refractivity (Wildman–Crippen MR) is 77.7 cm³/mol. The van der Waals surface area contributed by atoms with Crippen LogP contribution in [0.5, 0.6) is 5.75 Å². The van der Waals surface area contributed by atoms with E-state index < -0.39 is 0 Å². The number of ether oxygens (including phenoxy) is 2. The second-order valence-electron chi connectivity index (χ2n) is 4.18. The van der Waals surface area contributed by atoms with E-state index in [-0.39, 0.29) is 0 Å². The van der Waals surface area contributed by atoms with Crippen LogP contribution in [0.15, 0.2) is 24.3 Å². The predicted octanol–water partition coefficient (Wildman–Crippen LogP) is 3.30. The number of hydrogen-bond acceptors (Lipinski definition) is 5. The summed E-state index contributed by atoms with van der Waals surface area (Å²) in [6.45, 7) is 2.82.